The number of aromatic hydroxyl groups is 1. The summed E-state index contributed by atoms with van der Waals surface area (Å²) in [4.78, 5) is 67.2. The van der Waals surface area contributed by atoms with Gasteiger partial charge in [-0.2, -0.15) is 0 Å². The first kappa shape index (κ1) is 27.6. The summed E-state index contributed by atoms with van der Waals surface area (Å²) in [5, 5.41) is 20.7. The molecule has 1 saturated heterocycles. The molecule has 2 amide bonds. The largest absolute Gasteiger partial charge is 0.507 e. The lowest BCUT2D eigenvalue weighted by Gasteiger charge is -2.42. The maximum Gasteiger partial charge on any atom is 0.335 e. The molecule has 0 spiro atoms. The lowest BCUT2D eigenvalue weighted by molar-refractivity contribution is -0.123. The third kappa shape index (κ3) is 4.02. The van der Waals surface area contributed by atoms with Crippen LogP contribution in [0.1, 0.15) is 34.7 Å². The fraction of sp³-hybridized carbons (Fsp3) is 0.258. The second-order valence-corrected chi connectivity index (χ2v) is 11.4. The molecule has 42 heavy (non-hydrogen) atoms. The van der Waals surface area contributed by atoms with Gasteiger partial charge in [0.05, 0.1) is 41.8 Å². The Bertz CT molecular complexity index is 1720. The summed E-state index contributed by atoms with van der Waals surface area (Å²) in [6.45, 7) is 0. The van der Waals surface area contributed by atoms with E-state index in [0.717, 1.165) is 4.90 Å². The molecule has 0 saturated carbocycles. The molecule has 214 valence electrons. The zero-order chi connectivity index (χ0) is 30.0. The molecular formula is C31H24BrNO9. The van der Waals surface area contributed by atoms with E-state index in [0.29, 0.717) is 11.3 Å². The van der Waals surface area contributed by atoms with Crippen LogP contribution in [0.15, 0.2) is 69.8 Å². The molecule has 1 aliphatic heterocycles. The summed E-state index contributed by atoms with van der Waals surface area (Å²) in [5.41, 5.74) is 1.34. The summed E-state index contributed by atoms with van der Waals surface area (Å²) in [6.07, 6.45) is 3.23. The number of ketones is 2. The summed E-state index contributed by atoms with van der Waals surface area (Å²) in [6, 6.07) is 8.57. The number of carboxylic acids is 1. The van der Waals surface area contributed by atoms with Crippen LogP contribution >= 0.6 is 15.9 Å². The van der Waals surface area contributed by atoms with E-state index in [1.54, 1.807) is 6.07 Å². The van der Waals surface area contributed by atoms with Crippen LogP contribution < -0.4 is 14.4 Å². The molecule has 0 radical (unpaired) electrons. The van der Waals surface area contributed by atoms with Crippen LogP contribution in [0.4, 0.5) is 5.69 Å². The Balaban J connectivity index is 1.51. The number of imide groups is 1. The lowest BCUT2D eigenvalue weighted by Crippen LogP contribution is -2.39. The fourth-order valence-electron chi connectivity index (χ4n) is 6.73. The number of phenolic OH excluding ortho intramolecular Hbond substituents is 1. The van der Waals surface area contributed by atoms with Gasteiger partial charge in [0.15, 0.2) is 11.6 Å². The van der Waals surface area contributed by atoms with Crippen LogP contribution in [-0.2, 0) is 19.2 Å². The number of nitrogens with zero attached hydrogens (tertiary/aromatic N) is 1. The van der Waals surface area contributed by atoms with E-state index in [1.165, 1.54) is 50.6 Å². The second-order valence-electron chi connectivity index (χ2n) is 10.5. The number of hydrogen-bond donors (Lipinski definition) is 2. The van der Waals surface area contributed by atoms with Gasteiger partial charge in [0.25, 0.3) is 0 Å². The number of carbonyl (C=O) groups is 5. The van der Waals surface area contributed by atoms with Crippen LogP contribution in [-0.4, -0.2) is 53.8 Å². The molecule has 3 aliphatic carbocycles. The number of rotatable bonds is 5. The molecule has 2 N–H and O–H groups in total. The Morgan fingerprint density at radius 3 is 2.48 bits per heavy atom. The lowest BCUT2D eigenvalue weighted by atomic mass is 9.59. The molecular weight excluding hydrogens is 610 g/mol. The monoisotopic (exact) mass is 633 g/mol. The molecule has 0 bridgehead atoms. The molecule has 1 heterocycles. The van der Waals surface area contributed by atoms with Crippen molar-refractivity contribution in [3.05, 3.63) is 80.9 Å². The predicted octanol–water partition coefficient (Wildman–Crippen LogP) is 4.07. The molecule has 1 fully saturated rings. The van der Waals surface area contributed by atoms with Gasteiger partial charge >= 0.3 is 5.97 Å². The molecule has 2 aromatic rings. The molecule has 0 unspecified atom stereocenters. The number of Topliss-reactive ketones (excluding diaryl/α,β-unsaturated/α-hetero) is 1. The number of allylic oxidation sites excluding steroid dienone is 6. The zero-order valence-corrected chi connectivity index (χ0v) is 24.0. The molecule has 11 heteroatoms. The standard InChI is InChI=1S/C31H24BrNO9/c1-41-15-9-21(34)27(23(10-15)42-2)26-16-6-7-17-24(18(16)11-19-25(26)22(35)12-20(32)28(19)36)30(38)33(29(17)37)14-5-3-4-13(8-14)31(39)40/h3-6,8-10,12,17-18,24,26,34H,7,11H2,1-2H3,(H,39,40)/t17-,18+,24-,26-/m0/s1. The minimum atomic E-state index is -1.20. The number of amides is 2. The first-order valence-electron chi connectivity index (χ1n) is 13.1. The van der Waals surface area contributed by atoms with E-state index in [-0.39, 0.29) is 56.8 Å². The highest BCUT2D eigenvalue weighted by Gasteiger charge is 2.57. The quantitative estimate of drug-likeness (QED) is 0.282. The van der Waals surface area contributed by atoms with E-state index in [1.807, 2.05) is 6.08 Å². The van der Waals surface area contributed by atoms with Gasteiger partial charge in [0, 0.05) is 40.8 Å². The van der Waals surface area contributed by atoms with Gasteiger partial charge < -0.3 is 19.7 Å². The smallest absolute Gasteiger partial charge is 0.335 e. The Kier molecular flexibility index (Phi) is 6.64. The minimum absolute atomic E-state index is 0.0353. The highest BCUT2D eigenvalue weighted by atomic mass is 79.9. The Morgan fingerprint density at radius 2 is 1.79 bits per heavy atom. The maximum absolute atomic E-state index is 14.0. The van der Waals surface area contributed by atoms with Crippen molar-refractivity contribution in [2.75, 3.05) is 19.1 Å². The number of carbonyl (C=O) groups excluding carboxylic acids is 4. The van der Waals surface area contributed by atoms with Gasteiger partial charge in [0.2, 0.25) is 11.8 Å². The molecule has 2 aromatic carbocycles. The van der Waals surface area contributed by atoms with Crippen LogP contribution in [0, 0.1) is 17.8 Å². The summed E-state index contributed by atoms with van der Waals surface area (Å²) in [7, 11) is 2.84. The summed E-state index contributed by atoms with van der Waals surface area (Å²) in [5.74, 6) is -5.88. The number of anilines is 1. The number of carboxylic acid groups (broad SMARTS) is 1. The highest BCUT2D eigenvalue weighted by molar-refractivity contribution is 9.12. The van der Waals surface area contributed by atoms with E-state index >= 15 is 0 Å². The van der Waals surface area contributed by atoms with E-state index in [9.17, 15) is 34.2 Å². The van der Waals surface area contributed by atoms with Gasteiger partial charge in [-0.05, 0) is 52.9 Å². The van der Waals surface area contributed by atoms with Gasteiger partial charge in [-0.25, -0.2) is 4.79 Å². The number of benzene rings is 2. The van der Waals surface area contributed by atoms with Crippen molar-refractivity contribution in [3.8, 4) is 17.2 Å². The minimum Gasteiger partial charge on any atom is -0.507 e. The molecule has 0 aromatic heterocycles. The maximum atomic E-state index is 14.0. The van der Waals surface area contributed by atoms with Crippen LogP contribution in [0.2, 0.25) is 0 Å². The van der Waals surface area contributed by atoms with Crippen molar-refractivity contribution in [2.24, 2.45) is 17.8 Å². The number of fused-ring (bicyclic) bond motifs is 3. The van der Waals surface area contributed by atoms with Crippen LogP contribution in [0.25, 0.3) is 0 Å². The highest BCUT2D eigenvalue weighted by Crippen LogP contribution is 2.58. The molecule has 4 aliphatic rings. The zero-order valence-electron chi connectivity index (χ0n) is 22.4. The first-order chi connectivity index (χ1) is 20.1. The third-order valence-electron chi connectivity index (χ3n) is 8.52. The van der Waals surface area contributed by atoms with Crippen LogP contribution in [0.5, 0.6) is 17.2 Å². The van der Waals surface area contributed by atoms with Crippen molar-refractivity contribution < 1.29 is 43.7 Å². The number of methoxy groups -OCH3 is 2. The van der Waals surface area contributed by atoms with E-state index in [4.69, 9.17) is 9.47 Å². The average Bonchev–Trinajstić information content (AvgIpc) is 3.24. The SMILES string of the molecule is COc1cc(O)c([C@H]2C3=CC[C@@H]4C(=O)N(c5cccc(C(=O)O)c5)C(=O)[C@@H]4[C@@H]3CC3=C2C(=O)C=C(Br)C3=O)c(OC)c1. The Morgan fingerprint density at radius 1 is 1.02 bits per heavy atom. The predicted molar refractivity (Wildman–Crippen MR) is 152 cm³/mol. The number of hydrogen-bond acceptors (Lipinski definition) is 8. The topological polar surface area (TPSA) is 148 Å². The van der Waals surface area contributed by atoms with E-state index in [2.05, 4.69) is 15.9 Å². The Labute approximate surface area is 248 Å². The third-order valence-corrected chi connectivity index (χ3v) is 9.11. The van der Waals surface area contributed by atoms with E-state index < -0.39 is 53.0 Å². The first-order valence-corrected chi connectivity index (χ1v) is 13.9. The molecule has 6 rings (SSSR count). The molecule has 4 atom stereocenters. The normalized spacial score (nSPS) is 25.0. The number of phenols is 1. The van der Waals surface area contributed by atoms with Gasteiger partial charge in [-0.3, -0.25) is 24.1 Å². The van der Waals surface area contributed by atoms with Gasteiger partial charge in [-0.1, -0.05) is 17.7 Å². The molecule has 10 nitrogen and oxygen atoms in total. The van der Waals surface area contributed by atoms with Crippen molar-refractivity contribution >= 4 is 51.0 Å². The second kappa shape index (κ2) is 10.1. The van der Waals surface area contributed by atoms with Crippen molar-refractivity contribution in [1.29, 1.82) is 0 Å². The van der Waals surface area contributed by atoms with Gasteiger partial charge in [0.1, 0.15) is 17.2 Å². The number of halogens is 1. The number of ether oxygens (including phenoxy) is 2. The fourth-order valence-corrected chi connectivity index (χ4v) is 7.18. The van der Waals surface area contributed by atoms with Gasteiger partial charge in [-0.15, -0.1) is 0 Å². The summed E-state index contributed by atoms with van der Waals surface area (Å²) >= 11 is 3.19. The summed E-state index contributed by atoms with van der Waals surface area (Å²) < 4.78 is 11.0. The van der Waals surface area contributed by atoms with Crippen LogP contribution in [0.3, 0.4) is 0 Å². The van der Waals surface area contributed by atoms with Crippen molar-refractivity contribution in [2.45, 2.75) is 18.8 Å². The average molecular weight is 634 g/mol. The van der Waals surface area contributed by atoms with Crippen molar-refractivity contribution in [3.63, 3.8) is 0 Å². The Hall–Kier alpha value is -4.51. The van der Waals surface area contributed by atoms with Crippen molar-refractivity contribution in [1.82, 2.24) is 0 Å². The number of aromatic carboxylic acids is 1.